The maximum absolute atomic E-state index is 13.6. The molecule has 3 heteroatoms. The minimum Gasteiger partial charge on any atom is -0.204 e. The Morgan fingerprint density at radius 2 is 1.33 bits per heavy atom. The molecule has 0 N–H and O–H groups in total. The van der Waals surface area contributed by atoms with Crippen LogP contribution < -0.4 is 0 Å². The van der Waals surface area contributed by atoms with Crippen LogP contribution in [-0.4, -0.2) is 0 Å². The summed E-state index contributed by atoms with van der Waals surface area (Å²) in [7, 11) is 0. The fourth-order valence-corrected chi connectivity index (χ4v) is 6.95. The van der Waals surface area contributed by atoms with E-state index in [2.05, 4.69) is 19.1 Å². The predicted octanol–water partition coefficient (Wildman–Crippen LogP) is 8.57. The van der Waals surface area contributed by atoms with Crippen LogP contribution in [0.25, 0.3) is 0 Å². The summed E-state index contributed by atoms with van der Waals surface area (Å²) in [5.41, 5.74) is 0.643. The van der Waals surface area contributed by atoms with Crippen LogP contribution in [0.3, 0.4) is 0 Å². The van der Waals surface area contributed by atoms with Crippen molar-refractivity contribution in [3.05, 3.63) is 47.3 Å². The zero-order chi connectivity index (χ0) is 21.1. The van der Waals surface area contributed by atoms with Gasteiger partial charge in [0.05, 0.1) is 0 Å². The van der Waals surface area contributed by atoms with Gasteiger partial charge in [0.25, 0.3) is 0 Å². The van der Waals surface area contributed by atoms with E-state index in [1.165, 1.54) is 63.5 Å². The molecule has 3 aliphatic rings. The summed E-state index contributed by atoms with van der Waals surface area (Å²) < 4.78 is 40.5. The van der Waals surface area contributed by atoms with Gasteiger partial charge in [0, 0.05) is 0 Å². The van der Waals surface area contributed by atoms with E-state index in [0.29, 0.717) is 5.56 Å². The lowest BCUT2D eigenvalue weighted by molar-refractivity contribution is 0.0621. The van der Waals surface area contributed by atoms with Crippen LogP contribution in [0.2, 0.25) is 0 Å². The number of hydrogen-bond donors (Lipinski definition) is 0. The second kappa shape index (κ2) is 9.92. The quantitative estimate of drug-likeness (QED) is 0.332. The molecule has 4 unspecified atom stereocenters. The maximum Gasteiger partial charge on any atom is 0.194 e. The Morgan fingerprint density at radius 1 is 0.767 bits per heavy atom. The van der Waals surface area contributed by atoms with Crippen molar-refractivity contribution < 1.29 is 13.2 Å². The molecule has 4 atom stereocenters. The van der Waals surface area contributed by atoms with Crippen molar-refractivity contribution >= 4 is 0 Å². The zero-order valence-corrected chi connectivity index (χ0v) is 18.4. The molecule has 0 radical (unpaired) electrons. The van der Waals surface area contributed by atoms with E-state index in [1.807, 2.05) is 0 Å². The molecule has 30 heavy (non-hydrogen) atoms. The van der Waals surface area contributed by atoms with Gasteiger partial charge in [0.2, 0.25) is 0 Å². The summed E-state index contributed by atoms with van der Waals surface area (Å²) in [5, 5.41) is 0. The molecular formula is C27H37F3. The number of benzene rings is 1. The maximum atomic E-state index is 13.6. The van der Waals surface area contributed by atoms with Gasteiger partial charge in [-0.15, -0.1) is 0 Å². The Balaban J connectivity index is 1.27. The Kier molecular flexibility index (Phi) is 7.26. The average Bonchev–Trinajstić information content (AvgIpc) is 2.77. The molecule has 0 saturated heterocycles. The molecule has 1 aromatic rings. The topological polar surface area (TPSA) is 0 Å². The van der Waals surface area contributed by atoms with Gasteiger partial charge in [-0.05, 0) is 131 Å². The van der Waals surface area contributed by atoms with Crippen LogP contribution in [0.4, 0.5) is 13.2 Å². The van der Waals surface area contributed by atoms with Crippen molar-refractivity contribution in [1.82, 2.24) is 0 Å². The Labute approximate surface area is 180 Å². The van der Waals surface area contributed by atoms with E-state index in [1.54, 1.807) is 0 Å². The molecule has 1 aromatic carbocycles. The van der Waals surface area contributed by atoms with Gasteiger partial charge in [-0.2, -0.15) is 0 Å². The number of rotatable bonds is 5. The summed E-state index contributed by atoms with van der Waals surface area (Å²) in [6, 6.07) is 2.42. The molecule has 166 valence electrons. The lowest BCUT2D eigenvalue weighted by Gasteiger charge is -2.45. The monoisotopic (exact) mass is 418 g/mol. The SMILES string of the molecule is C/C=C/CCC1CCC2CC(C3CCC(c4cc(F)c(F)c(F)c4)CC3)CCC2C1. The van der Waals surface area contributed by atoms with Gasteiger partial charge >= 0.3 is 0 Å². The fourth-order valence-electron chi connectivity index (χ4n) is 6.95. The first-order valence-electron chi connectivity index (χ1n) is 12.3. The minimum absolute atomic E-state index is 0.176. The molecule has 3 saturated carbocycles. The molecule has 0 heterocycles. The summed E-state index contributed by atoms with van der Waals surface area (Å²) in [5.74, 6) is 1.16. The lowest BCUT2D eigenvalue weighted by atomic mass is 9.60. The van der Waals surface area contributed by atoms with Crippen LogP contribution in [0, 0.1) is 47.0 Å². The van der Waals surface area contributed by atoms with Crippen LogP contribution in [0.15, 0.2) is 24.3 Å². The summed E-state index contributed by atoms with van der Waals surface area (Å²) in [6.45, 7) is 2.11. The van der Waals surface area contributed by atoms with Gasteiger partial charge in [-0.3, -0.25) is 0 Å². The average molecular weight is 419 g/mol. The third-order valence-electron chi connectivity index (χ3n) is 8.66. The molecular weight excluding hydrogens is 381 g/mol. The Bertz CT molecular complexity index is 709. The van der Waals surface area contributed by atoms with E-state index in [0.717, 1.165) is 55.3 Å². The molecule has 0 aliphatic heterocycles. The van der Waals surface area contributed by atoms with Crippen molar-refractivity contribution in [3.63, 3.8) is 0 Å². The van der Waals surface area contributed by atoms with Crippen molar-refractivity contribution in [2.75, 3.05) is 0 Å². The van der Waals surface area contributed by atoms with Crippen molar-refractivity contribution in [2.24, 2.45) is 29.6 Å². The molecule has 0 bridgehead atoms. The molecule has 0 aromatic heterocycles. The normalized spacial score (nSPS) is 34.8. The second-order valence-corrected chi connectivity index (χ2v) is 10.3. The highest BCUT2D eigenvalue weighted by molar-refractivity contribution is 5.23. The molecule has 3 fully saturated rings. The lowest BCUT2D eigenvalue weighted by Crippen LogP contribution is -2.34. The highest BCUT2D eigenvalue weighted by Crippen LogP contribution is 2.50. The first-order valence-corrected chi connectivity index (χ1v) is 12.3. The molecule has 3 aliphatic carbocycles. The zero-order valence-electron chi connectivity index (χ0n) is 18.4. The van der Waals surface area contributed by atoms with Crippen LogP contribution >= 0.6 is 0 Å². The standard InChI is InChI=1S/C27H37F3/c1-2-3-4-5-18-6-7-23-15-22(13-12-21(23)14-18)19-8-10-20(11-9-19)24-16-25(28)27(30)26(29)17-24/h2-3,16-23H,4-15H2,1H3/b3-2+. The van der Waals surface area contributed by atoms with E-state index >= 15 is 0 Å². The molecule has 0 spiro atoms. The number of fused-ring (bicyclic) bond motifs is 1. The van der Waals surface area contributed by atoms with Gasteiger partial charge < -0.3 is 0 Å². The molecule has 0 amide bonds. The Morgan fingerprint density at radius 3 is 2.00 bits per heavy atom. The number of allylic oxidation sites excluding steroid dienone is 2. The van der Waals surface area contributed by atoms with Crippen LogP contribution in [0.1, 0.15) is 95.5 Å². The van der Waals surface area contributed by atoms with Crippen molar-refractivity contribution in [3.8, 4) is 0 Å². The van der Waals surface area contributed by atoms with Gasteiger partial charge in [-0.1, -0.05) is 18.6 Å². The number of hydrogen-bond acceptors (Lipinski definition) is 0. The highest BCUT2D eigenvalue weighted by atomic mass is 19.2. The van der Waals surface area contributed by atoms with Gasteiger partial charge in [0.1, 0.15) is 0 Å². The first-order chi connectivity index (χ1) is 14.5. The highest BCUT2D eigenvalue weighted by Gasteiger charge is 2.38. The number of halogens is 3. The molecule has 4 rings (SSSR count). The third-order valence-corrected chi connectivity index (χ3v) is 8.66. The summed E-state index contributed by atoms with van der Waals surface area (Å²) in [4.78, 5) is 0. The molecule has 0 nitrogen and oxygen atoms in total. The van der Waals surface area contributed by atoms with E-state index in [4.69, 9.17) is 0 Å². The van der Waals surface area contributed by atoms with Crippen LogP contribution in [-0.2, 0) is 0 Å². The minimum atomic E-state index is -1.35. The second-order valence-electron chi connectivity index (χ2n) is 10.3. The summed E-state index contributed by atoms with van der Waals surface area (Å²) in [6.07, 6.45) is 19.8. The van der Waals surface area contributed by atoms with Crippen molar-refractivity contribution in [1.29, 1.82) is 0 Å². The van der Waals surface area contributed by atoms with Gasteiger partial charge in [0.15, 0.2) is 17.5 Å². The Hall–Kier alpha value is -1.25. The van der Waals surface area contributed by atoms with E-state index in [9.17, 15) is 13.2 Å². The summed E-state index contributed by atoms with van der Waals surface area (Å²) >= 11 is 0. The van der Waals surface area contributed by atoms with Gasteiger partial charge in [-0.25, -0.2) is 13.2 Å². The fraction of sp³-hybridized carbons (Fsp3) is 0.704. The van der Waals surface area contributed by atoms with Crippen LogP contribution in [0.5, 0.6) is 0 Å². The first kappa shape index (κ1) is 22.0. The van der Waals surface area contributed by atoms with E-state index in [-0.39, 0.29) is 5.92 Å². The smallest absolute Gasteiger partial charge is 0.194 e. The third kappa shape index (κ3) is 4.97. The largest absolute Gasteiger partial charge is 0.204 e. The predicted molar refractivity (Wildman–Crippen MR) is 117 cm³/mol. The van der Waals surface area contributed by atoms with E-state index < -0.39 is 17.5 Å². The van der Waals surface area contributed by atoms with Crippen molar-refractivity contribution in [2.45, 2.75) is 89.9 Å².